The van der Waals surface area contributed by atoms with E-state index in [-0.39, 0.29) is 0 Å². The molecular weight excluding hydrogens is 308 g/mol. The summed E-state index contributed by atoms with van der Waals surface area (Å²) in [7, 11) is 2.17. The third-order valence-corrected chi connectivity index (χ3v) is 5.43. The quantitative estimate of drug-likeness (QED) is 0.779. The summed E-state index contributed by atoms with van der Waals surface area (Å²) in [6.07, 6.45) is 2.38. The summed E-state index contributed by atoms with van der Waals surface area (Å²) in [5.41, 5.74) is 0. The fourth-order valence-corrected chi connectivity index (χ4v) is 3.71. The van der Waals surface area contributed by atoms with Gasteiger partial charge in [0.05, 0.1) is 6.54 Å². The second kappa shape index (κ2) is 7.55. The molecule has 0 aromatic carbocycles. The van der Waals surface area contributed by atoms with Crippen LogP contribution < -0.4 is 0 Å². The number of rotatable bonds is 7. The Hall–Kier alpha value is -1.24. The summed E-state index contributed by atoms with van der Waals surface area (Å²) in [6, 6.07) is 4.95. The molecule has 3 heterocycles. The minimum Gasteiger partial charge on any atom is -0.339 e. The molecule has 1 fully saturated rings. The molecule has 126 valence electrons. The Morgan fingerprint density at radius 3 is 3.04 bits per heavy atom. The van der Waals surface area contributed by atoms with Crippen LogP contribution in [0.2, 0.25) is 0 Å². The Morgan fingerprint density at radius 1 is 1.48 bits per heavy atom. The maximum atomic E-state index is 5.29. The van der Waals surface area contributed by atoms with Crippen LogP contribution in [-0.4, -0.2) is 52.7 Å². The van der Waals surface area contributed by atoms with Crippen LogP contribution in [0.3, 0.4) is 0 Å². The number of hydrogen-bond donors (Lipinski definition) is 0. The van der Waals surface area contributed by atoms with Crippen molar-refractivity contribution in [1.29, 1.82) is 0 Å². The van der Waals surface area contributed by atoms with Gasteiger partial charge in [0.15, 0.2) is 5.82 Å². The van der Waals surface area contributed by atoms with Crippen molar-refractivity contribution in [3.8, 4) is 0 Å². The first kappa shape index (κ1) is 16.6. The maximum Gasteiger partial charge on any atom is 0.229 e. The Kier molecular flexibility index (Phi) is 5.46. The van der Waals surface area contributed by atoms with E-state index in [1.165, 1.54) is 17.8 Å². The molecule has 0 aliphatic carbocycles. The second-order valence-corrected chi connectivity index (χ2v) is 7.72. The minimum absolute atomic E-state index is 0.292. The van der Waals surface area contributed by atoms with Crippen molar-refractivity contribution >= 4 is 11.3 Å². The van der Waals surface area contributed by atoms with Gasteiger partial charge in [-0.3, -0.25) is 4.90 Å². The Bertz CT molecular complexity index is 596. The van der Waals surface area contributed by atoms with Crippen LogP contribution in [-0.2, 0) is 13.0 Å². The Morgan fingerprint density at radius 2 is 2.35 bits per heavy atom. The number of thiophene rings is 1. The first-order valence-electron chi connectivity index (χ1n) is 8.39. The molecule has 3 rings (SSSR count). The van der Waals surface area contributed by atoms with E-state index in [4.69, 9.17) is 4.52 Å². The van der Waals surface area contributed by atoms with Gasteiger partial charge in [-0.05, 0) is 37.9 Å². The molecule has 0 saturated carbocycles. The molecule has 0 spiro atoms. The predicted molar refractivity (Wildman–Crippen MR) is 92.7 cm³/mol. The summed E-state index contributed by atoms with van der Waals surface area (Å²) >= 11 is 1.86. The molecular formula is C17H26N4OS. The molecule has 1 aliphatic heterocycles. The van der Waals surface area contributed by atoms with Gasteiger partial charge in [0.1, 0.15) is 0 Å². The van der Waals surface area contributed by atoms with Gasteiger partial charge in [-0.25, -0.2) is 0 Å². The van der Waals surface area contributed by atoms with Crippen LogP contribution in [0.15, 0.2) is 22.0 Å². The zero-order valence-corrected chi connectivity index (χ0v) is 15.1. The van der Waals surface area contributed by atoms with Gasteiger partial charge in [-0.15, -0.1) is 11.3 Å². The highest BCUT2D eigenvalue weighted by Gasteiger charge is 2.26. The molecule has 1 saturated heterocycles. The standard InChI is InChI=1S/C17H26N4OS/c1-13(2)17-18-16(19-22-17)12-20(3)14-6-8-21(11-14)9-7-15-5-4-10-23-15/h4-5,10,13-14H,6-9,11-12H2,1-3H3. The molecule has 0 N–H and O–H groups in total. The van der Waals surface area contributed by atoms with Gasteiger partial charge in [-0.1, -0.05) is 25.1 Å². The lowest BCUT2D eigenvalue weighted by atomic mass is 10.2. The first-order chi connectivity index (χ1) is 11.1. The highest BCUT2D eigenvalue weighted by molar-refractivity contribution is 7.09. The molecule has 0 radical (unpaired) electrons. The molecule has 0 bridgehead atoms. The summed E-state index contributed by atoms with van der Waals surface area (Å²) < 4.78 is 5.29. The number of nitrogens with zero attached hydrogens (tertiary/aromatic N) is 4. The van der Waals surface area contributed by atoms with Crippen LogP contribution in [0.5, 0.6) is 0 Å². The smallest absolute Gasteiger partial charge is 0.229 e. The van der Waals surface area contributed by atoms with E-state index >= 15 is 0 Å². The van der Waals surface area contributed by atoms with Crippen molar-refractivity contribution in [2.24, 2.45) is 0 Å². The van der Waals surface area contributed by atoms with Crippen LogP contribution in [0, 0.1) is 0 Å². The van der Waals surface area contributed by atoms with Crippen molar-refractivity contribution in [3.63, 3.8) is 0 Å². The van der Waals surface area contributed by atoms with Gasteiger partial charge in [-0.2, -0.15) is 4.98 Å². The molecule has 5 nitrogen and oxygen atoms in total. The van der Waals surface area contributed by atoms with Crippen molar-refractivity contribution in [1.82, 2.24) is 19.9 Å². The van der Waals surface area contributed by atoms with Crippen LogP contribution >= 0.6 is 11.3 Å². The van der Waals surface area contributed by atoms with E-state index in [0.29, 0.717) is 12.0 Å². The van der Waals surface area contributed by atoms with Crippen molar-refractivity contribution in [3.05, 3.63) is 34.1 Å². The zero-order valence-electron chi connectivity index (χ0n) is 14.2. The summed E-state index contributed by atoms with van der Waals surface area (Å²) in [4.78, 5) is 10.9. The first-order valence-corrected chi connectivity index (χ1v) is 9.27. The van der Waals surface area contributed by atoms with Gasteiger partial charge >= 0.3 is 0 Å². The molecule has 2 aromatic rings. The van der Waals surface area contributed by atoms with Crippen LogP contribution in [0.1, 0.15) is 42.8 Å². The summed E-state index contributed by atoms with van der Waals surface area (Å²) in [6.45, 7) is 8.39. The van der Waals surface area contributed by atoms with E-state index in [2.05, 4.69) is 58.3 Å². The van der Waals surface area contributed by atoms with E-state index < -0.39 is 0 Å². The Balaban J connectivity index is 1.45. The third kappa shape index (κ3) is 4.40. The summed E-state index contributed by atoms with van der Waals surface area (Å²) in [5, 5.41) is 6.26. The van der Waals surface area contributed by atoms with Crippen molar-refractivity contribution in [2.45, 2.75) is 45.2 Å². The van der Waals surface area contributed by atoms with Gasteiger partial charge < -0.3 is 9.42 Å². The van der Waals surface area contributed by atoms with Gasteiger partial charge in [0, 0.05) is 29.9 Å². The Labute approximate surface area is 142 Å². The van der Waals surface area contributed by atoms with Crippen LogP contribution in [0.25, 0.3) is 0 Å². The van der Waals surface area contributed by atoms with E-state index in [1.807, 2.05) is 11.3 Å². The number of likely N-dealkylation sites (tertiary alicyclic amines) is 1. The van der Waals surface area contributed by atoms with E-state index in [1.54, 1.807) is 0 Å². The fraction of sp³-hybridized carbons (Fsp3) is 0.647. The highest BCUT2D eigenvalue weighted by atomic mass is 32.1. The normalized spacial score (nSPS) is 19.3. The molecule has 2 aromatic heterocycles. The molecule has 1 aliphatic rings. The SMILES string of the molecule is CC(C)c1nc(CN(C)C2CCN(CCc3cccs3)C2)no1. The average molecular weight is 334 g/mol. The lowest BCUT2D eigenvalue weighted by Crippen LogP contribution is -2.34. The summed E-state index contributed by atoms with van der Waals surface area (Å²) in [5.74, 6) is 1.83. The molecule has 1 unspecified atom stereocenters. The molecule has 6 heteroatoms. The van der Waals surface area contributed by atoms with Crippen molar-refractivity contribution < 1.29 is 4.52 Å². The molecule has 1 atom stereocenters. The lowest BCUT2D eigenvalue weighted by Gasteiger charge is -2.23. The second-order valence-electron chi connectivity index (χ2n) is 6.69. The number of hydrogen-bond acceptors (Lipinski definition) is 6. The lowest BCUT2D eigenvalue weighted by molar-refractivity contribution is 0.218. The van der Waals surface area contributed by atoms with Gasteiger partial charge in [0.25, 0.3) is 0 Å². The van der Waals surface area contributed by atoms with Gasteiger partial charge in [0.2, 0.25) is 5.89 Å². The number of aromatic nitrogens is 2. The fourth-order valence-electron chi connectivity index (χ4n) is 3.02. The number of likely N-dealkylation sites (N-methyl/N-ethyl adjacent to an activating group) is 1. The zero-order chi connectivity index (χ0) is 16.2. The minimum atomic E-state index is 0.292. The molecule has 23 heavy (non-hydrogen) atoms. The van der Waals surface area contributed by atoms with E-state index in [0.717, 1.165) is 37.8 Å². The van der Waals surface area contributed by atoms with Crippen molar-refractivity contribution in [2.75, 3.05) is 26.7 Å². The predicted octanol–water partition coefficient (Wildman–Crippen LogP) is 3.00. The average Bonchev–Trinajstić information content (AvgIpc) is 3.26. The molecule has 0 amide bonds. The maximum absolute atomic E-state index is 5.29. The third-order valence-electron chi connectivity index (χ3n) is 4.49. The van der Waals surface area contributed by atoms with E-state index in [9.17, 15) is 0 Å². The highest BCUT2D eigenvalue weighted by Crippen LogP contribution is 2.18. The topological polar surface area (TPSA) is 45.4 Å². The largest absolute Gasteiger partial charge is 0.339 e. The monoisotopic (exact) mass is 334 g/mol. The van der Waals surface area contributed by atoms with Crippen LogP contribution in [0.4, 0.5) is 0 Å².